The van der Waals surface area contributed by atoms with Gasteiger partial charge in [-0.25, -0.2) is 0 Å². The quantitative estimate of drug-likeness (QED) is 0.635. The normalized spacial score (nSPS) is 12.7. The molecule has 3 aromatic rings. The molecular formula is C22H24NOP. The van der Waals surface area contributed by atoms with Crippen molar-refractivity contribution in [2.75, 3.05) is 0 Å². The Morgan fingerprint density at radius 1 is 0.760 bits per heavy atom. The number of benzene rings is 3. The first-order chi connectivity index (χ1) is 12.2. The van der Waals surface area contributed by atoms with E-state index in [0.29, 0.717) is 0 Å². The zero-order chi connectivity index (χ0) is 17.5. The average molecular weight is 349 g/mol. The molecule has 0 aliphatic heterocycles. The summed E-state index contributed by atoms with van der Waals surface area (Å²) in [4.78, 5) is 0. The van der Waals surface area contributed by atoms with Gasteiger partial charge in [-0.3, -0.25) is 9.65 Å². The molecule has 3 heteroatoms. The van der Waals surface area contributed by atoms with Crippen LogP contribution in [-0.2, 0) is 11.0 Å². The molecule has 0 spiro atoms. The molecule has 0 aromatic heterocycles. The monoisotopic (exact) mass is 349 g/mol. The van der Waals surface area contributed by atoms with Crippen molar-refractivity contribution in [3.63, 3.8) is 0 Å². The van der Waals surface area contributed by atoms with Gasteiger partial charge in [0.15, 0.2) is 0 Å². The lowest BCUT2D eigenvalue weighted by Crippen LogP contribution is -2.36. The first-order valence-corrected chi connectivity index (χ1v) is 10.5. The molecule has 0 saturated carbocycles. The van der Waals surface area contributed by atoms with Crippen LogP contribution >= 0.6 is 7.29 Å². The highest BCUT2D eigenvalue weighted by molar-refractivity contribution is 7.76. The minimum atomic E-state index is -2.88. The van der Waals surface area contributed by atoms with E-state index in [4.69, 9.17) is 0 Å². The topological polar surface area (TPSA) is 29.1 Å². The Hall–Kier alpha value is -2.15. The van der Waals surface area contributed by atoms with E-state index in [1.165, 1.54) is 5.56 Å². The van der Waals surface area contributed by atoms with Gasteiger partial charge in [-0.2, -0.15) is 0 Å². The summed E-state index contributed by atoms with van der Waals surface area (Å²) in [5, 5.41) is 5.23. The van der Waals surface area contributed by atoms with Crippen LogP contribution in [0.3, 0.4) is 0 Å². The Labute approximate surface area is 150 Å². The minimum absolute atomic E-state index is 0.147. The van der Waals surface area contributed by atoms with E-state index >= 15 is 0 Å². The maximum atomic E-state index is 14.1. The van der Waals surface area contributed by atoms with Gasteiger partial charge in [0.05, 0.1) is 0 Å². The van der Waals surface area contributed by atoms with E-state index in [2.05, 4.69) is 36.3 Å². The standard InChI is InChI=1S/C22H24NOP/c1-2-20(18-19-12-6-3-7-13-19)23-25(24,21-14-8-4-9-15-21)22-16-10-5-11-17-22/h3-17,20H,2,18H2,1H3,(H,23,24)/t20-/m1/s1. The molecule has 0 heterocycles. The fourth-order valence-corrected chi connectivity index (χ4v) is 5.58. The first kappa shape index (κ1) is 17.7. The van der Waals surface area contributed by atoms with Crippen molar-refractivity contribution in [1.29, 1.82) is 0 Å². The fraction of sp³-hybridized carbons (Fsp3) is 0.182. The van der Waals surface area contributed by atoms with Crippen molar-refractivity contribution in [3.05, 3.63) is 96.6 Å². The summed E-state index contributed by atoms with van der Waals surface area (Å²) in [6, 6.07) is 30.1. The van der Waals surface area contributed by atoms with Crippen LogP contribution in [0.25, 0.3) is 0 Å². The van der Waals surface area contributed by atoms with Gasteiger partial charge in [0.2, 0.25) is 7.29 Å². The Morgan fingerprint density at radius 2 is 1.20 bits per heavy atom. The second kappa shape index (κ2) is 8.29. The Bertz CT molecular complexity index is 775. The van der Waals surface area contributed by atoms with Crippen LogP contribution in [-0.4, -0.2) is 6.04 Å². The van der Waals surface area contributed by atoms with Crippen molar-refractivity contribution >= 4 is 17.9 Å². The summed E-state index contributed by atoms with van der Waals surface area (Å²) in [7, 11) is -2.88. The molecule has 0 aliphatic carbocycles. The zero-order valence-corrected chi connectivity index (χ0v) is 15.4. The molecule has 0 bridgehead atoms. The first-order valence-electron chi connectivity index (χ1n) is 8.75. The van der Waals surface area contributed by atoms with Gasteiger partial charge in [0.1, 0.15) is 0 Å². The van der Waals surface area contributed by atoms with Crippen LogP contribution in [0.15, 0.2) is 91.0 Å². The molecule has 128 valence electrons. The lowest BCUT2D eigenvalue weighted by molar-refractivity contribution is 0.544. The van der Waals surface area contributed by atoms with Crippen LogP contribution in [0.1, 0.15) is 18.9 Å². The third kappa shape index (κ3) is 4.28. The lowest BCUT2D eigenvalue weighted by atomic mass is 10.1. The van der Waals surface area contributed by atoms with Crippen molar-refractivity contribution in [3.8, 4) is 0 Å². The SMILES string of the molecule is CC[C@H](Cc1ccccc1)NP(=O)(c1ccccc1)c1ccccc1. The van der Waals surface area contributed by atoms with Gasteiger partial charge in [-0.15, -0.1) is 0 Å². The second-order valence-electron chi connectivity index (χ2n) is 6.20. The molecular weight excluding hydrogens is 325 g/mol. The molecule has 3 aromatic carbocycles. The summed E-state index contributed by atoms with van der Waals surface area (Å²) in [5.74, 6) is 0. The van der Waals surface area contributed by atoms with E-state index in [9.17, 15) is 4.57 Å². The number of hydrogen-bond donors (Lipinski definition) is 1. The van der Waals surface area contributed by atoms with Gasteiger partial charge in [-0.1, -0.05) is 73.7 Å². The van der Waals surface area contributed by atoms with E-state index in [1.807, 2.05) is 66.7 Å². The molecule has 0 unspecified atom stereocenters. The number of rotatable bonds is 7. The van der Waals surface area contributed by atoms with Crippen LogP contribution in [0.4, 0.5) is 0 Å². The van der Waals surface area contributed by atoms with Crippen LogP contribution in [0.2, 0.25) is 0 Å². The largest absolute Gasteiger partial charge is 0.297 e. The molecule has 0 amide bonds. The Morgan fingerprint density at radius 3 is 1.64 bits per heavy atom. The second-order valence-corrected chi connectivity index (χ2v) is 8.71. The van der Waals surface area contributed by atoms with Crippen molar-refractivity contribution < 1.29 is 4.57 Å². The van der Waals surface area contributed by atoms with Gasteiger partial charge >= 0.3 is 0 Å². The molecule has 0 saturated heterocycles. The zero-order valence-electron chi connectivity index (χ0n) is 14.5. The summed E-state index contributed by atoms with van der Waals surface area (Å²) in [5.41, 5.74) is 1.26. The van der Waals surface area contributed by atoms with Gasteiger partial charge in [0.25, 0.3) is 0 Å². The number of hydrogen-bond acceptors (Lipinski definition) is 1. The molecule has 2 nitrogen and oxygen atoms in total. The highest BCUT2D eigenvalue weighted by Crippen LogP contribution is 2.39. The molecule has 0 aliphatic rings. The van der Waals surface area contributed by atoms with E-state index in [1.54, 1.807) is 0 Å². The molecule has 1 N–H and O–H groups in total. The molecule has 1 atom stereocenters. The summed E-state index contributed by atoms with van der Waals surface area (Å²) in [6.45, 7) is 2.14. The van der Waals surface area contributed by atoms with E-state index in [-0.39, 0.29) is 6.04 Å². The van der Waals surface area contributed by atoms with E-state index < -0.39 is 7.29 Å². The third-order valence-electron chi connectivity index (χ3n) is 4.42. The van der Waals surface area contributed by atoms with Crippen molar-refractivity contribution in [2.24, 2.45) is 0 Å². The summed E-state index contributed by atoms with van der Waals surface area (Å²) >= 11 is 0. The molecule has 0 radical (unpaired) electrons. The molecule has 3 rings (SSSR count). The van der Waals surface area contributed by atoms with E-state index in [0.717, 1.165) is 23.5 Å². The Balaban J connectivity index is 1.93. The van der Waals surface area contributed by atoms with Crippen LogP contribution < -0.4 is 15.7 Å². The summed E-state index contributed by atoms with van der Waals surface area (Å²) in [6.07, 6.45) is 1.78. The van der Waals surface area contributed by atoms with Gasteiger partial charge in [0, 0.05) is 16.7 Å². The lowest BCUT2D eigenvalue weighted by Gasteiger charge is -2.26. The third-order valence-corrected chi connectivity index (χ3v) is 7.20. The van der Waals surface area contributed by atoms with Gasteiger partial charge in [-0.05, 0) is 42.7 Å². The maximum absolute atomic E-state index is 14.1. The Kier molecular flexibility index (Phi) is 5.86. The fourth-order valence-electron chi connectivity index (χ4n) is 3.01. The predicted molar refractivity (Wildman–Crippen MR) is 107 cm³/mol. The number of nitrogens with one attached hydrogen (secondary N) is 1. The van der Waals surface area contributed by atoms with Crippen molar-refractivity contribution in [1.82, 2.24) is 5.09 Å². The molecule has 0 fully saturated rings. The smallest absolute Gasteiger partial charge is 0.204 e. The molecule has 25 heavy (non-hydrogen) atoms. The minimum Gasteiger partial charge on any atom is -0.297 e. The van der Waals surface area contributed by atoms with Crippen LogP contribution in [0.5, 0.6) is 0 Å². The van der Waals surface area contributed by atoms with Crippen LogP contribution in [0, 0.1) is 0 Å². The highest BCUT2D eigenvalue weighted by atomic mass is 31.2. The van der Waals surface area contributed by atoms with Gasteiger partial charge < -0.3 is 0 Å². The highest BCUT2D eigenvalue weighted by Gasteiger charge is 2.29. The van der Waals surface area contributed by atoms with Crippen molar-refractivity contribution in [2.45, 2.75) is 25.8 Å². The maximum Gasteiger partial charge on any atom is 0.204 e. The average Bonchev–Trinajstić information content (AvgIpc) is 2.69. The predicted octanol–water partition coefficient (Wildman–Crippen LogP) is 4.53. The summed E-state index contributed by atoms with van der Waals surface area (Å²) < 4.78 is 14.1.